The van der Waals surface area contributed by atoms with Gasteiger partial charge in [0.05, 0.1) is 7.11 Å². The lowest BCUT2D eigenvalue weighted by atomic mass is 9.67. The van der Waals surface area contributed by atoms with Crippen molar-refractivity contribution in [2.24, 2.45) is 10.4 Å². The van der Waals surface area contributed by atoms with Crippen LogP contribution in [0.1, 0.15) is 31.2 Å². The van der Waals surface area contributed by atoms with E-state index in [1.54, 1.807) is 26.3 Å². The number of alkyl halides is 3. The van der Waals surface area contributed by atoms with Gasteiger partial charge in [-0.1, -0.05) is 12.5 Å². The van der Waals surface area contributed by atoms with Crippen LogP contribution in [0.5, 0.6) is 11.5 Å². The molecular formula is C20H30F3N3O3. The normalized spacial score (nSPS) is 16.1. The number of ether oxygens (including phenoxy) is 3. The van der Waals surface area contributed by atoms with E-state index in [1.807, 2.05) is 0 Å². The molecule has 0 atom stereocenters. The number of halogens is 3. The molecule has 0 saturated heterocycles. The lowest BCUT2D eigenvalue weighted by Crippen LogP contribution is -2.46. The van der Waals surface area contributed by atoms with Crippen molar-refractivity contribution >= 4 is 5.96 Å². The van der Waals surface area contributed by atoms with Crippen molar-refractivity contribution in [2.75, 3.05) is 41.0 Å². The first-order valence-electron chi connectivity index (χ1n) is 9.61. The Bertz CT molecular complexity index is 677. The van der Waals surface area contributed by atoms with Gasteiger partial charge in [0.2, 0.25) is 0 Å². The van der Waals surface area contributed by atoms with E-state index in [1.165, 1.54) is 32.4 Å². The van der Waals surface area contributed by atoms with Gasteiger partial charge in [-0.3, -0.25) is 4.99 Å². The van der Waals surface area contributed by atoms with Crippen LogP contribution in [0, 0.1) is 5.41 Å². The molecule has 29 heavy (non-hydrogen) atoms. The van der Waals surface area contributed by atoms with Crippen LogP contribution in [0.15, 0.2) is 23.2 Å². The highest BCUT2D eigenvalue weighted by Crippen LogP contribution is 2.43. The lowest BCUT2D eigenvalue weighted by molar-refractivity contribution is -0.153. The Morgan fingerprint density at radius 1 is 1.17 bits per heavy atom. The van der Waals surface area contributed by atoms with Crippen LogP contribution < -0.4 is 20.1 Å². The maximum Gasteiger partial charge on any atom is 0.422 e. The van der Waals surface area contributed by atoms with Gasteiger partial charge in [-0.05, 0) is 42.4 Å². The maximum atomic E-state index is 12.4. The highest BCUT2D eigenvalue weighted by atomic mass is 19.4. The van der Waals surface area contributed by atoms with Crippen molar-refractivity contribution < 1.29 is 27.4 Å². The van der Waals surface area contributed by atoms with Crippen LogP contribution in [0.2, 0.25) is 0 Å². The van der Waals surface area contributed by atoms with Gasteiger partial charge in [0, 0.05) is 33.9 Å². The van der Waals surface area contributed by atoms with Crippen molar-refractivity contribution in [1.82, 2.24) is 10.6 Å². The van der Waals surface area contributed by atoms with E-state index in [0.29, 0.717) is 12.5 Å². The van der Waals surface area contributed by atoms with Gasteiger partial charge in [-0.15, -0.1) is 0 Å². The molecule has 1 aliphatic rings. The Balaban J connectivity index is 1.88. The Hall–Kier alpha value is -2.16. The molecule has 1 aromatic carbocycles. The van der Waals surface area contributed by atoms with E-state index < -0.39 is 12.8 Å². The third-order valence-electron chi connectivity index (χ3n) is 5.18. The summed E-state index contributed by atoms with van der Waals surface area (Å²) in [6, 6.07) is 4.82. The summed E-state index contributed by atoms with van der Waals surface area (Å²) in [5.41, 5.74) is 1.09. The minimum atomic E-state index is -4.40. The fourth-order valence-corrected chi connectivity index (χ4v) is 3.29. The summed E-state index contributed by atoms with van der Waals surface area (Å²) >= 11 is 0. The van der Waals surface area contributed by atoms with Gasteiger partial charge in [0.1, 0.15) is 0 Å². The highest BCUT2D eigenvalue weighted by molar-refractivity contribution is 5.79. The first-order chi connectivity index (χ1) is 13.8. The summed E-state index contributed by atoms with van der Waals surface area (Å²) in [4.78, 5) is 4.24. The maximum absolute atomic E-state index is 12.4. The first-order valence-corrected chi connectivity index (χ1v) is 9.61. The molecule has 0 bridgehead atoms. The molecule has 0 radical (unpaired) electrons. The van der Waals surface area contributed by atoms with Gasteiger partial charge < -0.3 is 24.8 Å². The summed E-state index contributed by atoms with van der Waals surface area (Å²) in [6.45, 7) is 0.656. The SMILES string of the molecule is CN=C(NCc1ccc(OCC(F)(F)F)c(OC)c1)NCC1(CCOC)CCC1. The number of methoxy groups -OCH3 is 2. The van der Waals surface area contributed by atoms with Crippen LogP contribution in [0.25, 0.3) is 0 Å². The van der Waals surface area contributed by atoms with E-state index in [-0.39, 0.29) is 16.9 Å². The Morgan fingerprint density at radius 3 is 2.48 bits per heavy atom. The number of nitrogens with zero attached hydrogens (tertiary/aromatic N) is 1. The molecule has 9 heteroatoms. The lowest BCUT2D eigenvalue weighted by Gasteiger charge is -2.42. The quantitative estimate of drug-likeness (QED) is 0.451. The molecule has 0 spiro atoms. The number of rotatable bonds is 10. The topological polar surface area (TPSA) is 64.1 Å². The molecule has 2 rings (SSSR count). The van der Waals surface area contributed by atoms with Gasteiger partial charge in [-0.25, -0.2) is 0 Å². The van der Waals surface area contributed by atoms with E-state index in [0.717, 1.165) is 25.1 Å². The van der Waals surface area contributed by atoms with Crippen LogP contribution in [-0.2, 0) is 11.3 Å². The van der Waals surface area contributed by atoms with Crippen LogP contribution in [-0.4, -0.2) is 53.2 Å². The van der Waals surface area contributed by atoms with Crippen molar-refractivity contribution in [3.05, 3.63) is 23.8 Å². The molecule has 0 aliphatic heterocycles. The summed E-state index contributed by atoms with van der Waals surface area (Å²) in [5.74, 6) is 0.982. The second kappa shape index (κ2) is 10.6. The number of aliphatic imine (C=N–C) groups is 1. The third kappa shape index (κ3) is 7.30. The van der Waals surface area contributed by atoms with Gasteiger partial charge in [-0.2, -0.15) is 13.2 Å². The minimum Gasteiger partial charge on any atom is -0.493 e. The predicted molar refractivity (Wildman–Crippen MR) is 106 cm³/mol. The molecule has 1 aromatic rings. The number of nitrogens with one attached hydrogen (secondary N) is 2. The first kappa shape index (κ1) is 23.1. The number of benzene rings is 1. The largest absolute Gasteiger partial charge is 0.493 e. The highest BCUT2D eigenvalue weighted by Gasteiger charge is 2.36. The summed E-state index contributed by atoms with van der Waals surface area (Å²) in [5, 5.41) is 6.59. The summed E-state index contributed by atoms with van der Waals surface area (Å²) < 4.78 is 52.3. The smallest absolute Gasteiger partial charge is 0.422 e. The Kier molecular flexibility index (Phi) is 8.43. The molecule has 0 amide bonds. The summed E-state index contributed by atoms with van der Waals surface area (Å²) in [6.07, 6.45) is 0.211. The molecule has 0 heterocycles. The standard InChI is InChI=1S/C20H30F3N3O3/c1-24-18(26-13-19(7-4-8-19)9-10-27-2)25-12-15-5-6-16(17(11-15)28-3)29-14-20(21,22)23/h5-6,11H,4,7-10,12-14H2,1-3H3,(H2,24,25,26). The average molecular weight is 417 g/mol. The number of hydrogen-bond donors (Lipinski definition) is 2. The van der Waals surface area contributed by atoms with E-state index in [4.69, 9.17) is 14.2 Å². The molecular weight excluding hydrogens is 387 g/mol. The zero-order valence-electron chi connectivity index (χ0n) is 17.2. The molecule has 0 aromatic heterocycles. The van der Waals surface area contributed by atoms with E-state index in [2.05, 4.69) is 15.6 Å². The average Bonchev–Trinajstić information content (AvgIpc) is 2.67. The minimum absolute atomic E-state index is 0.0566. The van der Waals surface area contributed by atoms with Crippen LogP contribution >= 0.6 is 0 Å². The number of hydrogen-bond acceptors (Lipinski definition) is 4. The molecule has 1 fully saturated rings. The predicted octanol–water partition coefficient (Wildman–Crippen LogP) is 3.51. The van der Waals surface area contributed by atoms with Crippen LogP contribution in [0.3, 0.4) is 0 Å². The molecule has 6 nitrogen and oxygen atoms in total. The van der Waals surface area contributed by atoms with Gasteiger partial charge in [0.25, 0.3) is 0 Å². The van der Waals surface area contributed by atoms with Crippen molar-refractivity contribution in [3.8, 4) is 11.5 Å². The van der Waals surface area contributed by atoms with Crippen LogP contribution in [0.4, 0.5) is 13.2 Å². The number of guanidine groups is 1. The van der Waals surface area contributed by atoms with Crippen molar-refractivity contribution in [2.45, 2.75) is 38.4 Å². The Labute approximate surface area is 169 Å². The Morgan fingerprint density at radius 2 is 1.93 bits per heavy atom. The molecule has 0 unspecified atom stereocenters. The van der Waals surface area contributed by atoms with E-state index in [9.17, 15) is 13.2 Å². The second-order valence-electron chi connectivity index (χ2n) is 7.26. The fraction of sp³-hybridized carbons (Fsp3) is 0.650. The molecule has 1 aliphatic carbocycles. The molecule has 1 saturated carbocycles. The van der Waals surface area contributed by atoms with E-state index >= 15 is 0 Å². The van der Waals surface area contributed by atoms with Gasteiger partial charge >= 0.3 is 6.18 Å². The third-order valence-corrected chi connectivity index (χ3v) is 5.18. The van der Waals surface area contributed by atoms with Crippen molar-refractivity contribution in [1.29, 1.82) is 0 Å². The molecule has 2 N–H and O–H groups in total. The second-order valence-corrected chi connectivity index (χ2v) is 7.26. The fourth-order valence-electron chi connectivity index (χ4n) is 3.29. The van der Waals surface area contributed by atoms with Gasteiger partial charge in [0.15, 0.2) is 24.1 Å². The summed E-state index contributed by atoms with van der Waals surface area (Å²) in [7, 11) is 4.81. The monoisotopic (exact) mass is 417 g/mol. The molecule has 164 valence electrons. The zero-order valence-corrected chi connectivity index (χ0v) is 17.2. The van der Waals surface area contributed by atoms with Crippen molar-refractivity contribution in [3.63, 3.8) is 0 Å². The zero-order chi connectivity index (χ0) is 21.3.